The van der Waals surface area contributed by atoms with Crippen molar-refractivity contribution in [3.05, 3.63) is 83.9 Å². The highest BCUT2D eigenvalue weighted by Crippen LogP contribution is 2.42. The zero-order chi connectivity index (χ0) is 25.7. The van der Waals surface area contributed by atoms with Gasteiger partial charge < -0.3 is 19.7 Å². The van der Waals surface area contributed by atoms with Crippen LogP contribution < -0.4 is 9.47 Å². The molecule has 0 saturated heterocycles. The van der Waals surface area contributed by atoms with Crippen molar-refractivity contribution in [1.82, 2.24) is 0 Å². The molecule has 0 saturated carbocycles. The van der Waals surface area contributed by atoms with Gasteiger partial charge in [0.05, 0.1) is 11.8 Å². The topological polar surface area (TPSA) is 101 Å². The molecule has 2 N–H and O–H groups in total. The molecule has 0 spiro atoms. The molecule has 0 aromatic heterocycles. The Morgan fingerprint density at radius 1 is 0.889 bits per heavy atom. The van der Waals surface area contributed by atoms with Crippen molar-refractivity contribution >= 4 is 28.1 Å². The Balaban J connectivity index is 1.59. The maximum absolute atomic E-state index is 11.8. The third-order valence-corrected chi connectivity index (χ3v) is 5.50. The average Bonchev–Trinajstić information content (AvgIpc) is 2.85. The zero-order valence-electron chi connectivity index (χ0n) is 20.4. The van der Waals surface area contributed by atoms with Crippen LogP contribution in [0.1, 0.15) is 31.9 Å². The van der Waals surface area contributed by atoms with E-state index in [2.05, 4.69) is 10.2 Å². The monoisotopic (exact) mass is 484 g/mol. The van der Waals surface area contributed by atoms with Gasteiger partial charge in [-0.25, -0.2) is 0 Å². The standard InChI is InChI=1S/C29H28N2O5/c1-18(2)35-28-17-26(29(36-19(3)32)25-7-5-4-6-24(25)28)31-30-22-12-9-20(10-13-22)8-11-21-16-23(33)14-15-27(21)34/h4-7,9-10,12-18,33-34H,8,11H2,1-3H3. The lowest BCUT2D eigenvalue weighted by Gasteiger charge is -2.16. The molecule has 0 fully saturated rings. The highest BCUT2D eigenvalue weighted by atomic mass is 16.5. The number of phenols is 2. The Bertz CT molecular complexity index is 1410. The number of aryl methyl sites for hydroxylation is 2. The summed E-state index contributed by atoms with van der Waals surface area (Å²) in [5.74, 6) is 0.813. The van der Waals surface area contributed by atoms with E-state index in [1.165, 1.54) is 19.1 Å². The molecule has 4 aromatic rings. The first-order chi connectivity index (χ1) is 17.3. The number of carbonyl (C=O) groups is 1. The summed E-state index contributed by atoms with van der Waals surface area (Å²) in [7, 11) is 0. The number of hydrogen-bond acceptors (Lipinski definition) is 7. The summed E-state index contributed by atoms with van der Waals surface area (Å²) >= 11 is 0. The van der Waals surface area contributed by atoms with Crippen LogP contribution in [-0.2, 0) is 17.6 Å². The van der Waals surface area contributed by atoms with Crippen LogP contribution in [0.3, 0.4) is 0 Å². The van der Waals surface area contributed by atoms with Gasteiger partial charge in [-0.3, -0.25) is 4.79 Å². The number of carbonyl (C=O) groups excluding carboxylic acids is 1. The van der Waals surface area contributed by atoms with E-state index in [1.807, 2.05) is 62.4 Å². The summed E-state index contributed by atoms with van der Waals surface area (Å²) < 4.78 is 11.5. The Morgan fingerprint density at radius 2 is 1.61 bits per heavy atom. The second kappa shape index (κ2) is 10.9. The van der Waals surface area contributed by atoms with E-state index in [0.717, 1.165) is 10.9 Å². The molecule has 4 rings (SSSR count). The maximum atomic E-state index is 11.8. The molecule has 7 heteroatoms. The van der Waals surface area contributed by atoms with E-state index in [1.54, 1.807) is 12.1 Å². The molecule has 0 aliphatic heterocycles. The number of nitrogens with zero attached hydrogens (tertiary/aromatic N) is 2. The normalized spacial score (nSPS) is 11.3. The molecule has 0 aliphatic carbocycles. The van der Waals surface area contributed by atoms with Gasteiger partial charge in [-0.15, -0.1) is 5.11 Å². The minimum Gasteiger partial charge on any atom is -0.508 e. The smallest absolute Gasteiger partial charge is 0.308 e. The van der Waals surface area contributed by atoms with Crippen molar-refractivity contribution in [2.75, 3.05) is 0 Å². The van der Waals surface area contributed by atoms with Crippen LogP contribution in [-0.4, -0.2) is 22.3 Å². The number of fused-ring (bicyclic) bond motifs is 1. The van der Waals surface area contributed by atoms with Crippen LogP contribution in [0.25, 0.3) is 10.8 Å². The Labute approximate surface area is 209 Å². The van der Waals surface area contributed by atoms with Crippen LogP contribution in [0.5, 0.6) is 23.0 Å². The van der Waals surface area contributed by atoms with Gasteiger partial charge in [0.2, 0.25) is 0 Å². The highest BCUT2D eigenvalue weighted by molar-refractivity contribution is 5.98. The molecule has 0 atom stereocenters. The number of ether oxygens (including phenoxy) is 2. The molecule has 0 heterocycles. The fourth-order valence-corrected chi connectivity index (χ4v) is 3.87. The van der Waals surface area contributed by atoms with Gasteiger partial charge in [0, 0.05) is 23.8 Å². The first-order valence-corrected chi connectivity index (χ1v) is 11.7. The van der Waals surface area contributed by atoms with E-state index in [0.29, 0.717) is 46.7 Å². The predicted octanol–water partition coefficient (Wildman–Crippen LogP) is 7.16. The summed E-state index contributed by atoms with van der Waals surface area (Å²) in [6, 6.07) is 21.4. The van der Waals surface area contributed by atoms with Crippen molar-refractivity contribution < 1.29 is 24.5 Å². The first kappa shape index (κ1) is 24.7. The lowest BCUT2D eigenvalue weighted by Crippen LogP contribution is -2.07. The summed E-state index contributed by atoms with van der Waals surface area (Å²) in [6.45, 7) is 5.24. The number of phenolic OH excluding ortho intramolecular Hbond substituents is 2. The lowest BCUT2D eigenvalue weighted by atomic mass is 10.0. The van der Waals surface area contributed by atoms with Gasteiger partial charge in [0.1, 0.15) is 22.9 Å². The summed E-state index contributed by atoms with van der Waals surface area (Å²) in [6.07, 6.45) is 1.22. The van der Waals surface area contributed by atoms with E-state index < -0.39 is 5.97 Å². The predicted molar refractivity (Wildman–Crippen MR) is 139 cm³/mol. The van der Waals surface area contributed by atoms with Gasteiger partial charge >= 0.3 is 5.97 Å². The molecule has 0 radical (unpaired) electrons. The average molecular weight is 485 g/mol. The summed E-state index contributed by atoms with van der Waals surface area (Å²) in [5, 5.41) is 29.9. The van der Waals surface area contributed by atoms with Crippen molar-refractivity contribution in [3.63, 3.8) is 0 Å². The van der Waals surface area contributed by atoms with Crippen LogP contribution >= 0.6 is 0 Å². The molecule has 0 bridgehead atoms. The van der Waals surface area contributed by atoms with Crippen molar-refractivity contribution in [1.29, 1.82) is 0 Å². The molecule has 0 aliphatic rings. The van der Waals surface area contributed by atoms with E-state index in [-0.39, 0.29) is 17.6 Å². The van der Waals surface area contributed by atoms with Gasteiger partial charge in [-0.1, -0.05) is 36.4 Å². The van der Waals surface area contributed by atoms with Crippen molar-refractivity contribution in [3.8, 4) is 23.0 Å². The Morgan fingerprint density at radius 3 is 2.31 bits per heavy atom. The number of esters is 1. The van der Waals surface area contributed by atoms with Crippen LogP contribution in [0.4, 0.5) is 11.4 Å². The fourth-order valence-electron chi connectivity index (χ4n) is 3.87. The minimum absolute atomic E-state index is 0.0490. The molecule has 7 nitrogen and oxygen atoms in total. The molecule has 0 unspecified atom stereocenters. The second-order valence-corrected chi connectivity index (χ2v) is 8.71. The Hall–Kier alpha value is -4.39. The van der Waals surface area contributed by atoms with Gasteiger partial charge in [0.15, 0.2) is 5.75 Å². The Kier molecular flexibility index (Phi) is 7.49. The molecule has 0 amide bonds. The largest absolute Gasteiger partial charge is 0.508 e. The zero-order valence-corrected chi connectivity index (χ0v) is 20.4. The van der Waals surface area contributed by atoms with E-state index in [9.17, 15) is 15.0 Å². The third-order valence-electron chi connectivity index (χ3n) is 5.50. The second-order valence-electron chi connectivity index (χ2n) is 8.71. The summed E-state index contributed by atoms with van der Waals surface area (Å²) in [5.41, 5.74) is 2.76. The number of azo groups is 1. The molecular formula is C29H28N2O5. The van der Waals surface area contributed by atoms with Crippen molar-refractivity contribution in [2.45, 2.75) is 39.7 Å². The quantitative estimate of drug-likeness (QED) is 0.120. The van der Waals surface area contributed by atoms with Crippen LogP contribution in [0, 0.1) is 0 Å². The van der Waals surface area contributed by atoms with Gasteiger partial charge in [-0.05, 0) is 68.1 Å². The summed E-state index contributed by atoms with van der Waals surface area (Å²) in [4.78, 5) is 11.8. The SMILES string of the molecule is CC(=O)Oc1c(N=Nc2ccc(CCc3cc(O)ccc3O)cc2)cc(OC(C)C)c2ccccc12. The van der Waals surface area contributed by atoms with E-state index >= 15 is 0 Å². The molecule has 4 aromatic carbocycles. The van der Waals surface area contributed by atoms with Gasteiger partial charge in [-0.2, -0.15) is 5.11 Å². The molecular weight excluding hydrogens is 456 g/mol. The first-order valence-electron chi connectivity index (χ1n) is 11.7. The highest BCUT2D eigenvalue weighted by Gasteiger charge is 2.17. The number of benzene rings is 4. The van der Waals surface area contributed by atoms with E-state index in [4.69, 9.17) is 9.47 Å². The van der Waals surface area contributed by atoms with Crippen LogP contribution in [0.15, 0.2) is 83.0 Å². The molecule has 36 heavy (non-hydrogen) atoms. The van der Waals surface area contributed by atoms with Crippen LogP contribution in [0.2, 0.25) is 0 Å². The number of rotatable bonds is 8. The van der Waals surface area contributed by atoms with Gasteiger partial charge in [0.25, 0.3) is 0 Å². The lowest BCUT2D eigenvalue weighted by molar-refractivity contribution is -0.131. The third kappa shape index (κ3) is 5.99. The number of hydrogen-bond donors (Lipinski definition) is 2. The van der Waals surface area contributed by atoms with Crippen molar-refractivity contribution in [2.24, 2.45) is 10.2 Å². The number of aromatic hydroxyl groups is 2. The minimum atomic E-state index is -0.448. The fraction of sp³-hybridized carbons (Fsp3) is 0.207. The molecule has 184 valence electrons. The maximum Gasteiger partial charge on any atom is 0.308 e.